The smallest absolute Gasteiger partial charge is 0.256 e. The van der Waals surface area contributed by atoms with Crippen molar-refractivity contribution in [2.45, 2.75) is 4.90 Å². The van der Waals surface area contributed by atoms with Crippen LogP contribution in [0.5, 0.6) is 0 Å². The highest BCUT2D eigenvalue weighted by Crippen LogP contribution is 2.31. The number of anilines is 1. The second kappa shape index (κ2) is 6.84. The van der Waals surface area contributed by atoms with Gasteiger partial charge in [-0.05, 0) is 42.5 Å². The minimum atomic E-state index is -3.43. The van der Waals surface area contributed by atoms with E-state index in [4.69, 9.17) is 0 Å². The molecule has 6 nitrogen and oxygen atoms in total. The number of hydrogen-bond donors (Lipinski definition) is 1. The molecule has 1 amide bonds. The summed E-state index contributed by atoms with van der Waals surface area (Å²) < 4.78 is 38.5. The third-order valence-electron chi connectivity index (χ3n) is 4.14. The van der Waals surface area contributed by atoms with E-state index in [1.165, 1.54) is 47.7 Å². The van der Waals surface area contributed by atoms with E-state index in [0.29, 0.717) is 22.0 Å². The average Bonchev–Trinajstić information content (AvgIpc) is 3.24. The summed E-state index contributed by atoms with van der Waals surface area (Å²) in [6, 6.07) is 11.6. The molecular formula is C19H14FN3O3S2. The van der Waals surface area contributed by atoms with Gasteiger partial charge < -0.3 is 5.32 Å². The van der Waals surface area contributed by atoms with Crippen LogP contribution in [0, 0.1) is 5.82 Å². The van der Waals surface area contributed by atoms with E-state index >= 15 is 0 Å². The summed E-state index contributed by atoms with van der Waals surface area (Å²) in [6.07, 6.45) is 2.85. The lowest BCUT2D eigenvalue weighted by Crippen LogP contribution is -2.14. The lowest BCUT2D eigenvalue weighted by molar-refractivity contribution is 0.102. The highest BCUT2D eigenvalue weighted by atomic mass is 32.2. The van der Waals surface area contributed by atoms with Gasteiger partial charge in [0.1, 0.15) is 17.3 Å². The number of benzene rings is 2. The Kier molecular flexibility index (Phi) is 4.48. The van der Waals surface area contributed by atoms with E-state index in [1.807, 2.05) is 5.38 Å². The number of amides is 1. The molecule has 142 valence electrons. The lowest BCUT2D eigenvalue weighted by Gasteiger charge is -2.08. The molecule has 0 saturated heterocycles. The van der Waals surface area contributed by atoms with Crippen molar-refractivity contribution in [1.29, 1.82) is 0 Å². The molecule has 0 saturated carbocycles. The van der Waals surface area contributed by atoms with Gasteiger partial charge in [0.25, 0.3) is 5.91 Å². The number of rotatable bonds is 4. The van der Waals surface area contributed by atoms with Gasteiger partial charge in [-0.1, -0.05) is 6.07 Å². The number of hydrogen-bond acceptors (Lipinski definition) is 5. The monoisotopic (exact) mass is 415 g/mol. The summed E-state index contributed by atoms with van der Waals surface area (Å²) in [6.45, 7) is 0. The van der Waals surface area contributed by atoms with Crippen LogP contribution in [0.3, 0.4) is 0 Å². The van der Waals surface area contributed by atoms with E-state index in [-0.39, 0.29) is 16.3 Å². The van der Waals surface area contributed by atoms with Crippen LogP contribution in [-0.4, -0.2) is 30.0 Å². The first-order valence-corrected chi connectivity index (χ1v) is 10.9. The highest BCUT2D eigenvalue weighted by molar-refractivity contribution is 7.90. The first-order valence-electron chi connectivity index (χ1n) is 8.16. The molecule has 2 aromatic heterocycles. The zero-order valence-electron chi connectivity index (χ0n) is 14.6. The number of nitrogens with zero attached hydrogens (tertiary/aromatic N) is 2. The number of halogens is 1. The van der Waals surface area contributed by atoms with Crippen LogP contribution in [-0.2, 0) is 9.84 Å². The number of carbonyl (C=O) groups excluding carboxylic acids is 1. The molecule has 4 aromatic rings. The third-order valence-corrected chi connectivity index (χ3v) is 6.00. The van der Waals surface area contributed by atoms with Crippen LogP contribution in [0.4, 0.5) is 10.2 Å². The van der Waals surface area contributed by atoms with Gasteiger partial charge in [-0.3, -0.25) is 9.20 Å². The summed E-state index contributed by atoms with van der Waals surface area (Å²) in [5.41, 5.74) is 1.36. The molecule has 0 aliphatic heterocycles. The normalized spacial score (nSPS) is 11.6. The van der Waals surface area contributed by atoms with Gasteiger partial charge in [-0.2, -0.15) is 0 Å². The zero-order valence-corrected chi connectivity index (χ0v) is 16.2. The van der Waals surface area contributed by atoms with E-state index in [9.17, 15) is 17.6 Å². The van der Waals surface area contributed by atoms with Crippen molar-refractivity contribution in [2.24, 2.45) is 0 Å². The molecule has 0 unspecified atom stereocenters. The average molecular weight is 415 g/mol. The maximum atomic E-state index is 13.3. The number of imidazole rings is 1. The molecule has 4 rings (SSSR count). The zero-order chi connectivity index (χ0) is 19.9. The fourth-order valence-electron chi connectivity index (χ4n) is 2.76. The summed E-state index contributed by atoms with van der Waals surface area (Å²) in [5.74, 6) is -0.410. The third kappa shape index (κ3) is 3.41. The fourth-order valence-corrected chi connectivity index (χ4v) is 4.14. The van der Waals surface area contributed by atoms with E-state index in [0.717, 1.165) is 6.26 Å². The number of sulfone groups is 1. The maximum absolute atomic E-state index is 13.3. The van der Waals surface area contributed by atoms with Gasteiger partial charge in [0, 0.05) is 29.0 Å². The molecule has 1 N–H and O–H groups in total. The molecule has 0 bridgehead atoms. The number of fused-ring (bicyclic) bond motifs is 1. The Balaban J connectivity index is 1.75. The van der Waals surface area contributed by atoms with Crippen LogP contribution in [0.1, 0.15) is 10.4 Å². The van der Waals surface area contributed by atoms with E-state index in [2.05, 4.69) is 10.3 Å². The molecule has 2 aromatic carbocycles. The predicted molar refractivity (Wildman–Crippen MR) is 106 cm³/mol. The largest absolute Gasteiger partial charge is 0.306 e. The van der Waals surface area contributed by atoms with Crippen LogP contribution in [0.25, 0.3) is 16.2 Å². The SMILES string of the molecule is CS(=O)(=O)c1cccc(C(=O)Nc2c(-c3ccc(F)cc3)nc3sccn23)c1. The predicted octanol–water partition coefficient (Wildman–Crippen LogP) is 3.86. The molecule has 0 fully saturated rings. The summed E-state index contributed by atoms with van der Waals surface area (Å²) in [5, 5.41) is 4.64. The molecule has 0 aliphatic carbocycles. The molecule has 0 aliphatic rings. The second-order valence-corrected chi connectivity index (χ2v) is 9.01. The fraction of sp³-hybridized carbons (Fsp3) is 0.0526. The Morgan fingerprint density at radius 1 is 1.18 bits per heavy atom. The van der Waals surface area contributed by atoms with Gasteiger partial charge in [0.15, 0.2) is 14.8 Å². The van der Waals surface area contributed by atoms with Crippen LogP contribution in [0.2, 0.25) is 0 Å². The highest BCUT2D eigenvalue weighted by Gasteiger charge is 2.19. The lowest BCUT2D eigenvalue weighted by atomic mass is 10.1. The first kappa shape index (κ1) is 18.3. The molecular weight excluding hydrogens is 401 g/mol. The molecule has 28 heavy (non-hydrogen) atoms. The minimum absolute atomic E-state index is 0.0628. The molecule has 0 atom stereocenters. The quantitative estimate of drug-likeness (QED) is 0.549. The van der Waals surface area contributed by atoms with Crippen molar-refractivity contribution in [3.63, 3.8) is 0 Å². The van der Waals surface area contributed by atoms with E-state index < -0.39 is 15.7 Å². The van der Waals surface area contributed by atoms with Crippen molar-refractivity contribution in [1.82, 2.24) is 9.38 Å². The topological polar surface area (TPSA) is 80.5 Å². The Bertz CT molecular complexity index is 1290. The van der Waals surface area contributed by atoms with Crippen molar-refractivity contribution >= 4 is 37.9 Å². The van der Waals surface area contributed by atoms with Crippen LogP contribution in [0.15, 0.2) is 65.0 Å². The Morgan fingerprint density at radius 2 is 1.93 bits per heavy atom. The summed E-state index contributed by atoms with van der Waals surface area (Å²) >= 11 is 1.40. The molecule has 0 spiro atoms. The minimum Gasteiger partial charge on any atom is -0.306 e. The van der Waals surface area contributed by atoms with Gasteiger partial charge in [0.2, 0.25) is 0 Å². The number of aromatic nitrogens is 2. The van der Waals surface area contributed by atoms with Crippen molar-refractivity contribution < 1.29 is 17.6 Å². The summed E-state index contributed by atoms with van der Waals surface area (Å²) in [7, 11) is -3.43. The van der Waals surface area contributed by atoms with Crippen LogP contribution >= 0.6 is 11.3 Å². The Morgan fingerprint density at radius 3 is 2.64 bits per heavy atom. The molecule has 2 heterocycles. The van der Waals surface area contributed by atoms with Gasteiger partial charge >= 0.3 is 0 Å². The Hall–Kier alpha value is -3.04. The van der Waals surface area contributed by atoms with Gasteiger partial charge in [0.05, 0.1) is 4.90 Å². The summed E-state index contributed by atoms with van der Waals surface area (Å²) in [4.78, 5) is 18.0. The number of carbonyl (C=O) groups is 1. The second-order valence-electron chi connectivity index (χ2n) is 6.13. The van der Waals surface area contributed by atoms with E-state index in [1.54, 1.807) is 22.7 Å². The van der Waals surface area contributed by atoms with Gasteiger partial charge in [-0.25, -0.2) is 17.8 Å². The van der Waals surface area contributed by atoms with Crippen molar-refractivity contribution in [2.75, 3.05) is 11.6 Å². The van der Waals surface area contributed by atoms with Gasteiger partial charge in [-0.15, -0.1) is 11.3 Å². The van der Waals surface area contributed by atoms with Crippen molar-refractivity contribution in [3.8, 4) is 11.3 Å². The van der Waals surface area contributed by atoms with Crippen LogP contribution < -0.4 is 5.32 Å². The maximum Gasteiger partial charge on any atom is 0.256 e. The standard InChI is InChI=1S/C19H14FN3O3S2/c1-28(25,26)15-4-2-3-13(11-15)18(24)22-17-16(12-5-7-14(20)8-6-12)21-19-23(17)9-10-27-19/h2-11H,1H3,(H,22,24). The molecule has 9 heteroatoms. The number of thiazole rings is 1. The number of nitrogens with one attached hydrogen (secondary N) is 1. The molecule has 0 radical (unpaired) electrons. The Labute approximate surface area is 164 Å². The first-order chi connectivity index (χ1) is 13.3. The van der Waals surface area contributed by atoms with Crippen molar-refractivity contribution in [3.05, 3.63) is 71.5 Å².